The highest BCUT2D eigenvalue weighted by molar-refractivity contribution is 7.10. The fourth-order valence-corrected chi connectivity index (χ4v) is 3.40. The molecule has 1 heterocycles. The molecule has 2 aromatic rings. The topological polar surface area (TPSA) is 41.6 Å². The molecule has 1 N–H and O–H groups in total. The molecule has 0 saturated heterocycles. The number of hydrogen-bond acceptors (Lipinski definition) is 4. The molecule has 1 atom stereocenters. The van der Waals surface area contributed by atoms with Crippen LogP contribution in [-0.4, -0.2) is 38.1 Å². The summed E-state index contributed by atoms with van der Waals surface area (Å²) in [4.78, 5) is 15.2. The first-order valence-electron chi connectivity index (χ1n) is 7.01. The molecule has 1 aromatic heterocycles. The van der Waals surface area contributed by atoms with Crippen molar-refractivity contribution in [2.45, 2.75) is 6.04 Å². The third kappa shape index (κ3) is 5.39. The lowest BCUT2D eigenvalue weighted by molar-refractivity contribution is -0.123. The van der Waals surface area contributed by atoms with Crippen LogP contribution in [0.5, 0.6) is 5.75 Å². The zero-order chi connectivity index (χ0) is 16.8. The van der Waals surface area contributed by atoms with Gasteiger partial charge in [-0.05, 0) is 43.7 Å². The van der Waals surface area contributed by atoms with Gasteiger partial charge < -0.3 is 15.0 Å². The Morgan fingerprint density at radius 1 is 1.35 bits per heavy atom. The van der Waals surface area contributed by atoms with Crippen molar-refractivity contribution >= 4 is 40.4 Å². The van der Waals surface area contributed by atoms with Crippen LogP contribution in [0.4, 0.5) is 0 Å². The van der Waals surface area contributed by atoms with Gasteiger partial charge in [0.05, 0.1) is 11.1 Å². The molecule has 0 radical (unpaired) electrons. The van der Waals surface area contributed by atoms with Gasteiger partial charge in [0.15, 0.2) is 6.61 Å². The number of rotatable bonds is 7. The van der Waals surface area contributed by atoms with Gasteiger partial charge in [0.2, 0.25) is 0 Å². The molecule has 0 aliphatic heterocycles. The summed E-state index contributed by atoms with van der Waals surface area (Å²) in [7, 11) is 3.97. The first kappa shape index (κ1) is 18.1. The number of amides is 1. The van der Waals surface area contributed by atoms with Gasteiger partial charge in [-0.2, -0.15) is 0 Å². The normalized spacial score (nSPS) is 12.2. The Labute approximate surface area is 150 Å². The SMILES string of the molecule is CN(C)[C@H](CNC(=O)COc1ccc(Cl)cc1Cl)c1cccs1. The van der Waals surface area contributed by atoms with Crippen LogP contribution in [0.2, 0.25) is 10.0 Å². The molecule has 1 amide bonds. The summed E-state index contributed by atoms with van der Waals surface area (Å²) in [5.41, 5.74) is 0. The van der Waals surface area contributed by atoms with E-state index in [2.05, 4.69) is 16.3 Å². The van der Waals surface area contributed by atoms with Crippen molar-refractivity contribution in [3.8, 4) is 5.75 Å². The van der Waals surface area contributed by atoms with Crippen LogP contribution in [0, 0.1) is 0 Å². The summed E-state index contributed by atoms with van der Waals surface area (Å²) in [6.45, 7) is 0.427. The van der Waals surface area contributed by atoms with Crippen molar-refractivity contribution in [3.63, 3.8) is 0 Å². The molecule has 0 aliphatic carbocycles. The maximum atomic E-state index is 12.0. The predicted molar refractivity (Wildman–Crippen MR) is 95.7 cm³/mol. The molecule has 124 valence electrons. The number of benzene rings is 1. The largest absolute Gasteiger partial charge is 0.482 e. The molecule has 23 heavy (non-hydrogen) atoms. The average Bonchev–Trinajstić information content (AvgIpc) is 3.00. The average molecular weight is 373 g/mol. The van der Waals surface area contributed by atoms with E-state index in [0.717, 1.165) is 0 Å². The highest BCUT2D eigenvalue weighted by Gasteiger charge is 2.16. The molecular weight excluding hydrogens is 355 g/mol. The molecule has 0 fully saturated rings. The summed E-state index contributed by atoms with van der Waals surface area (Å²) in [5.74, 6) is 0.244. The van der Waals surface area contributed by atoms with Crippen molar-refractivity contribution in [1.82, 2.24) is 10.2 Å². The molecule has 7 heteroatoms. The number of carbonyl (C=O) groups excluding carboxylic acids is 1. The predicted octanol–water partition coefficient (Wildman–Crippen LogP) is 3.85. The van der Waals surface area contributed by atoms with Crippen LogP contribution in [0.1, 0.15) is 10.9 Å². The third-order valence-electron chi connectivity index (χ3n) is 3.24. The Hall–Kier alpha value is -1.27. The van der Waals surface area contributed by atoms with Crippen molar-refractivity contribution < 1.29 is 9.53 Å². The Morgan fingerprint density at radius 3 is 2.74 bits per heavy atom. The monoisotopic (exact) mass is 372 g/mol. The quantitative estimate of drug-likeness (QED) is 0.802. The molecule has 0 saturated carbocycles. The second kappa shape index (κ2) is 8.55. The number of likely N-dealkylation sites (N-methyl/N-ethyl adjacent to an activating group) is 1. The Kier molecular flexibility index (Phi) is 6.72. The van der Waals surface area contributed by atoms with E-state index >= 15 is 0 Å². The number of carbonyl (C=O) groups is 1. The van der Waals surface area contributed by atoms with Gasteiger partial charge in [0, 0.05) is 16.4 Å². The highest BCUT2D eigenvalue weighted by Crippen LogP contribution is 2.27. The van der Waals surface area contributed by atoms with Crippen LogP contribution < -0.4 is 10.1 Å². The standard InChI is InChI=1S/C16H18Cl2N2O2S/c1-20(2)13(15-4-3-7-23-15)9-19-16(21)10-22-14-6-5-11(17)8-12(14)18/h3-8,13H,9-10H2,1-2H3,(H,19,21)/t13-/m1/s1. The van der Waals surface area contributed by atoms with Crippen molar-refractivity contribution in [2.75, 3.05) is 27.2 Å². The van der Waals surface area contributed by atoms with Crippen LogP contribution in [-0.2, 0) is 4.79 Å². The molecule has 0 spiro atoms. The molecule has 0 unspecified atom stereocenters. The maximum absolute atomic E-state index is 12.0. The minimum atomic E-state index is -0.195. The van der Waals surface area contributed by atoms with Gasteiger partial charge in [-0.1, -0.05) is 29.3 Å². The molecule has 1 aromatic carbocycles. The Morgan fingerprint density at radius 2 is 2.13 bits per heavy atom. The number of halogens is 2. The summed E-state index contributed by atoms with van der Waals surface area (Å²) in [6, 6.07) is 9.09. The van der Waals surface area contributed by atoms with E-state index in [9.17, 15) is 4.79 Å². The number of nitrogens with zero attached hydrogens (tertiary/aromatic N) is 1. The second-order valence-electron chi connectivity index (χ2n) is 5.16. The molecule has 0 bridgehead atoms. The molecule has 0 aliphatic rings. The number of nitrogens with one attached hydrogen (secondary N) is 1. The first-order chi connectivity index (χ1) is 11.0. The zero-order valence-electron chi connectivity index (χ0n) is 12.9. The van der Waals surface area contributed by atoms with E-state index in [4.69, 9.17) is 27.9 Å². The fraction of sp³-hybridized carbons (Fsp3) is 0.312. The van der Waals surface area contributed by atoms with Gasteiger partial charge in [0.1, 0.15) is 5.75 Å². The second-order valence-corrected chi connectivity index (χ2v) is 6.99. The fourth-order valence-electron chi connectivity index (χ4n) is 2.02. The smallest absolute Gasteiger partial charge is 0.258 e. The van der Waals surface area contributed by atoms with E-state index in [-0.39, 0.29) is 18.6 Å². The van der Waals surface area contributed by atoms with Crippen LogP contribution in [0.25, 0.3) is 0 Å². The van der Waals surface area contributed by atoms with Gasteiger partial charge in [0.25, 0.3) is 5.91 Å². The van der Waals surface area contributed by atoms with Crippen molar-refractivity contribution in [2.24, 2.45) is 0 Å². The minimum absolute atomic E-state index is 0.0913. The van der Waals surface area contributed by atoms with Gasteiger partial charge in [-0.3, -0.25) is 4.79 Å². The van der Waals surface area contributed by atoms with Gasteiger partial charge in [-0.15, -0.1) is 11.3 Å². The van der Waals surface area contributed by atoms with Gasteiger partial charge in [-0.25, -0.2) is 0 Å². The zero-order valence-corrected chi connectivity index (χ0v) is 15.2. The van der Waals surface area contributed by atoms with E-state index in [0.29, 0.717) is 22.3 Å². The lowest BCUT2D eigenvalue weighted by Gasteiger charge is -2.23. The lowest BCUT2D eigenvalue weighted by atomic mass is 10.2. The van der Waals surface area contributed by atoms with Crippen LogP contribution in [0.15, 0.2) is 35.7 Å². The van der Waals surface area contributed by atoms with Crippen LogP contribution in [0.3, 0.4) is 0 Å². The van der Waals surface area contributed by atoms with Crippen molar-refractivity contribution in [1.29, 1.82) is 0 Å². The van der Waals surface area contributed by atoms with E-state index in [1.165, 1.54) is 4.88 Å². The third-order valence-corrected chi connectivity index (χ3v) is 4.74. The lowest BCUT2D eigenvalue weighted by Crippen LogP contribution is -2.36. The van der Waals surface area contributed by atoms with Gasteiger partial charge >= 0.3 is 0 Å². The number of hydrogen-bond donors (Lipinski definition) is 1. The van der Waals surface area contributed by atoms with E-state index < -0.39 is 0 Å². The first-order valence-corrected chi connectivity index (χ1v) is 8.65. The number of thiophene rings is 1. The van der Waals surface area contributed by atoms with E-state index in [1.807, 2.05) is 25.5 Å². The molecular formula is C16H18Cl2N2O2S. The highest BCUT2D eigenvalue weighted by atomic mass is 35.5. The minimum Gasteiger partial charge on any atom is -0.482 e. The summed E-state index contributed by atoms with van der Waals surface area (Å²) in [6.07, 6.45) is 0. The number of ether oxygens (including phenoxy) is 1. The molecule has 2 rings (SSSR count). The summed E-state index contributed by atoms with van der Waals surface area (Å²) < 4.78 is 5.42. The van der Waals surface area contributed by atoms with E-state index in [1.54, 1.807) is 29.5 Å². The maximum Gasteiger partial charge on any atom is 0.258 e. The summed E-state index contributed by atoms with van der Waals surface area (Å²) >= 11 is 13.5. The molecule has 4 nitrogen and oxygen atoms in total. The van der Waals surface area contributed by atoms with Crippen molar-refractivity contribution in [3.05, 3.63) is 50.6 Å². The summed E-state index contributed by atoms with van der Waals surface area (Å²) in [5, 5.41) is 5.82. The Balaban J connectivity index is 1.84. The Bertz CT molecular complexity index is 648. The van der Waals surface area contributed by atoms with Crippen LogP contribution >= 0.6 is 34.5 Å².